The topological polar surface area (TPSA) is 77.8 Å². The standard InChI is InChI=1S/C50H30N4O2/c1-3-11-31(12-4-1)36-29-51-49(52-30-36)33-19-21-34(22-20-33)50-53-42(32-13-5-2-6-14-32)28-43(54-50)39-25-24-37(47-40-16-8-10-18-45(40)56-48(39)47)35-23-26-46-41(27-35)38-15-7-9-17-44(38)55-46/h1-30H. The van der Waals surface area contributed by atoms with Crippen LogP contribution in [0, 0.1) is 0 Å². The number of hydrogen-bond acceptors (Lipinski definition) is 6. The van der Waals surface area contributed by atoms with Crippen LogP contribution in [0.5, 0.6) is 0 Å². The average molecular weight is 719 g/mol. The fraction of sp³-hybridized carbons (Fsp3) is 0. The highest BCUT2D eigenvalue weighted by Crippen LogP contribution is 2.43. The zero-order valence-electron chi connectivity index (χ0n) is 29.9. The number of benzene rings is 7. The fourth-order valence-electron chi connectivity index (χ4n) is 7.66. The van der Waals surface area contributed by atoms with Crippen molar-refractivity contribution in [3.05, 3.63) is 182 Å². The Balaban J connectivity index is 1.04. The van der Waals surface area contributed by atoms with Crippen LogP contribution in [-0.4, -0.2) is 19.9 Å². The van der Waals surface area contributed by atoms with Gasteiger partial charge in [-0.15, -0.1) is 0 Å². The van der Waals surface area contributed by atoms with E-state index in [1.807, 2.05) is 103 Å². The summed E-state index contributed by atoms with van der Waals surface area (Å²) in [5.41, 5.74) is 12.8. The Morgan fingerprint density at radius 1 is 0.339 bits per heavy atom. The lowest BCUT2D eigenvalue weighted by Crippen LogP contribution is -1.97. The number of rotatable bonds is 6. The van der Waals surface area contributed by atoms with Crippen molar-refractivity contribution in [2.24, 2.45) is 0 Å². The van der Waals surface area contributed by atoms with Crippen LogP contribution in [0.25, 0.3) is 111 Å². The van der Waals surface area contributed by atoms with Gasteiger partial charge in [-0.25, -0.2) is 19.9 Å². The normalized spacial score (nSPS) is 11.6. The Labute approximate surface area is 321 Å². The van der Waals surface area contributed by atoms with Gasteiger partial charge in [-0.05, 0) is 53.1 Å². The van der Waals surface area contributed by atoms with Crippen molar-refractivity contribution in [3.63, 3.8) is 0 Å². The first-order valence-corrected chi connectivity index (χ1v) is 18.5. The molecule has 0 aliphatic carbocycles. The molecule has 0 N–H and O–H groups in total. The molecule has 0 radical (unpaired) electrons. The van der Waals surface area contributed by atoms with Crippen molar-refractivity contribution in [2.45, 2.75) is 0 Å². The van der Waals surface area contributed by atoms with E-state index in [0.29, 0.717) is 11.6 Å². The van der Waals surface area contributed by atoms with E-state index >= 15 is 0 Å². The predicted octanol–water partition coefficient (Wildman–Crippen LogP) is 13.1. The Bertz CT molecular complexity index is 3220. The van der Waals surface area contributed by atoms with E-state index < -0.39 is 0 Å². The van der Waals surface area contributed by atoms with Crippen LogP contribution < -0.4 is 0 Å². The zero-order chi connectivity index (χ0) is 37.0. The summed E-state index contributed by atoms with van der Waals surface area (Å²) in [7, 11) is 0. The molecule has 4 heterocycles. The van der Waals surface area contributed by atoms with Gasteiger partial charge in [0.05, 0.1) is 11.4 Å². The van der Waals surface area contributed by atoms with Gasteiger partial charge in [-0.1, -0.05) is 133 Å². The lowest BCUT2D eigenvalue weighted by Gasteiger charge is -2.12. The van der Waals surface area contributed by atoms with Crippen LogP contribution >= 0.6 is 0 Å². The summed E-state index contributed by atoms with van der Waals surface area (Å²) >= 11 is 0. The van der Waals surface area contributed by atoms with Gasteiger partial charge in [-0.3, -0.25) is 0 Å². The van der Waals surface area contributed by atoms with Crippen molar-refractivity contribution >= 4 is 43.9 Å². The average Bonchev–Trinajstić information content (AvgIpc) is 3.85. The Hall–Kier alpha value is -7.70. The Morgan fingerprint density at radius 3 is 1.66 bits per heavy atom. The second-order valence-corrected chi connectivity index (χ2v) is 13.8. The van der Waals surface area contributed by atoms with Crippen molar-refractivity contribution in [3.8, 4) is 67.5 Å². The van der Waals surface area contributed by atoms with Gasteiger partial charge in [0.2, 0.25) is 0 Å². The molecule has 0 fully saturated rings. The monoisotopic (exact) mass is 718 g/mol. The molecule has 0 saturated heterocycles. The zero-order valence-corrected chi connectivity index (χ0v) is 29.9. The third-order valence-corrected chi connectivity index (χ3v) is 10.4. The molecule has 56 heavy (non-hydrogen) atoms. The number of fused-ring (bicyclic) bond motifs is 6. The van der Waals surface area contributed by atoms with E-state index in [-0.39, 0.29) is 0 Å². The summed E-state index contributed by atoms with van der Waals surface area (Å²) in [5.74, 6) is 1.27. The van der Waals surface area contributed by atoms with Gasteiger partial charge in [0.15, 0.2) is 11.6 Å². The minimum Gasteiger partial charge on any atom is -0.456 e. The summed E-state index contributed by atoms with van der Waals surface area (Å²) in [5, 5.41) is 4.26. The van der Waals surface area contributed by atoms with Crippen LogP contribution in [0.1, 0.15) is 0 Å². The first kappa shape index (κ1) is 31.8. The van der Waals surface area contributed by atoms with E-state index in [2.05, 4.69) is 88.8 Å². The summed E-state index contributed by atoms with van der Waals surface area (Å²) in [6.07, 6.45) is 3.73. The molecule has 7 aromatic carbocycles. The SMILES string of the molecule is c1ccc(-c2cnc(-c3ccc(-c4nc(-c5ccccc5)cc(-c5ccc(-c6ccc7oc8ccccc8c7c6)c6c5oc5ccccc56)n4)cc3)nc2)cc1. The highest BCUT2D eigenvalue weighted by atomic mass is 16.3. The summed E-state index contributed by atoms with van der Waals surface area (Å²) in [6, 6.07) is 57.7. The van der Waals surface area contributed by atoms with E-state index in [1.165, 1.54) is 0 Å². The van der Waals surface area contributed by atoms with Crippen LogP contribution in [-0.2, 0) is 0 Å². The molecule has 6 heteroatoms. The number of furan rings is 2. The molecular weight excluding hydrogens is 689 g/mol. The van der Waals surface area contributed by atoms with Crippen molar-refractivity contribution < 1.29 is 8.83 Å². The molecule has 0 amide bonds. The van der Waals surface area contributed by atoms with E-state index in [9.17, 15) is 0 Å². The second-order valence-electron chi connectivity index (χ2n) is 13.8. The molecule has 262 valence electrons. The Morgan fingerprint density at radius 2 is 0.911 bits per heavy atom. The minimum absolute atomic E-state index is 0.610. The lowest BCUT2D eigenvalue weighted by atomic mass is 9.95. The van der Waals surface area contributed by atoms with Crippen molar-refractivity contribution in [1.82, 2.24) is 19.9 Å². The quantitative estimate of drug-likeness (QED) is 0.170. The van der Waals surface area contributed by atoms with Crippen molar-refractivity contribution in [2.75, 3.05) is 0 Å². The lowest BCUT2D eigenvalue weighted by molar-refractivity contribution is 0.669. The molecule has 11 rings (SSSR count). The van der Waals surface area contributed by atoms with Gasteiger partial charge in [0.1, 0.15) is 22.3 Å². The maximum Gasteiger partial charge on any atom is 0.160 e. The van der Waals surface area contributed by atoms with E-state index in [4.69, 9.17) is 18.8 Å². The molecule has 0 unspecified atom stereocenters. The van der Waals surface area contributed by atoms with Gasteiger partial charge in [-0.2, -0.15) is 0 Å². The van der Waals surface area contributed by atoms with Gasteiger partial charge >= 0.3 is 0 Å². The Kier molecular flexibility index (Phi) is 7.38. The molecule has 0 aliphatic heterocycles. The number of aromatic nitrogens is 4. The van der Waals surface area contributed by atoms with E-state index in [1.54, 1.807) is 0 Å². The smallest absolute Gasteiger partial charge is 0.160 e. The highest BCUT2D eigenvalue weighted by molar-refractivity contribution is 6.17. The molecule has 0 saturated carbocycles. The van der Waals surface area contributed by atoms with Crippen LogP contribution in [0.4, 0.5) is 0 Å². The first-order valence-electron chi connectivity index (χ1n) is 18.5. The minimum atomic E-state index is 0.610. The third-order valence-electron chi connectivity index (χ3n) is 10.4. The number of para-hydroxylation sites is 2. The maximum absolute atomic E-state index is 6.74. The summed E-state index contributed by atoms with van der Waals surface area (Å²) < 4.78 is 12.9. The molecule has 6 nitrogen and oxygen atoms in total. The molecular formula is C50H30N4O2. The second kappa shape index (κ2) is 13.0. The maximum atomic E-state index is 6.74. The van der Waals surface area contributed by atoms with E-state index in [0.717, 1.165) is 99.8 Å². The van der Waals surface area contributed by atoms with Gasteiger partial charge in [0, 0.05) is 61.8 Å². The molecule has 0 bridgehead atoms. The van der Waals surface area contributed by atoms with Crippen molar-refractivity contribution in [1.29, 1.82) is 0 Å². The molecule has 0 spiro atoms. The van der Waals surface area contributed by atoms with Crippen LogP contribution in [0.15, 0.2) is 191 Å². The highest BCUT2D eigenvalue weighted by Gasteiger charge is 2.20. The van der Waals surface area contributed by atoms with Gasteiger partial charge in [0.25, 0.3) is 0 Å². The van der Waals surface area contributed by atoms with Crippen LogP contribution in [0.3, 0.4) is 0 Å². The summed E-state index contributed by atoms with van der Waals surface area (Å²) in [6.45, 7) is 0. The molecule has 0 aliphatic rings. The molecule has 4 aromatic heterocycles. The predicted molar refractivity (Wildman–Crippen MR) is 225 cm³/mol. The number of hydrogen-bond donors (Lipinski definition) is 0. The largest absolute Gasteiger partial charge is 0.456 e. The summed E-state index contributed by atoms with van der Waals surface area (Å²) in [4.78, 5) is 19.7. The molecule has 0 atom stereocenters. The first-order chi connectivity index (χ1) is 27.7. The molecule has 11 aromatic rings. The fourth-order valence-corrected chi connectivity index (χ4v) is 7.66. The third kappa shape index (κ3) is 5.43. The number of nitrogens with zero attached hydrogens (tertiary/aromatic N) is 4. The van der Waals surface area contributed by atoms with Gasteiger partial charge < -0.3 is 8.83 Å². The van der Waals surface area contributed by atoms with Crippen LogP contribution in [0.2, 0.25) is 0 Å².